The lowest BCUT2D eigenvalue weighted by molar-refractivity contribution is -0.121. The summed E-state index contributed by atoms with van der Waals surface area (Å²) in [6.45, 7) is 1.03. The highest BCUT2D eigenvalue weighted by Crippen LogP contribution is 2.20. The SMILES string of the molecule is COC(=O)N1CCCC(C(=O)Nc2ccc(Cl)cc2)C1. The minimum Gasteiger partial charge on any atom is -0.453 e. The van der Waals surface area contributed by atoms with Gasteiger partial charge in [-0.1, -0.05) is 11.6 Å². The molecule has 0 radical (unpaired) electrons. The molecule has 108 valence electrons. The average Bonchev–Trinajstić information content (AvgIpc) is 2.49. The molecule has 0 spiro atoms. The number of anilines is 1. The second-order valence-electron chi connectivity index (χ2n) is 4.75. The standard InChI is InChI=1S/C14H17ClN2O3/c1-20-14(19)17-8-2-3-10(9-17)13(18)16-12-6-4-11(15)5-7-12/h4-7,10H,2-3,8-9H2,1H3,(H,16,18). The Balaban J connectivity index is 1.95. The number of methoxy groups -OCH3 is 1. The van der Waals surface area contributed by atoms with Crippen LogP contribution in [-0.2, 0) is 9.53 Å². The van der Waals surface area contributed by atoms with Crippen LogP contribution in [0.1, 0.15) is 12.8 Å². The quantitative estimate of drug-likeness (QED) is 0.913. The van der Waals surface area contributed by atoms with Gasteiger partial charge < -0.3 is 15.0 Å². The monoisotopic (exact) mass is 296 g/mol. The van der Waals surface area contributed by atoms with Gasteiger partial charge in [0.05, 0.1) is 13.0 Å². The summed E-state index contributed by atoms with van der Waals surface area (Å²) in [5.74, 6) is -0.292. The molecular weight excluding hydrogens is 280 g/mol. The van der Waals surface area contributed by atoms with Crippen LogP contribution < -0.4 is 5.32 Å². The predicted molar refractivity (Wildman–Crippen MR) is 76.8 cm³/mol. The molecule has 2 rings (SSSR count). The molecule has 0 aliphatic carbocycles. The van der Waals surface area contributed by atoms with Crippen molar-refractivity contribution in [2.45, 2.75) is 12.8 Å². The Morgan fingerprint density at radius 2 is 2.05 bits per heavy atom. The van der Waals surface area contributed by atoms with Crippen LogP contribution >= 0.6 is 11.6 Å². The van der Waals surface area contributed by atoms with Crippen molar-refractivity contribution in [1.29, 1.82) is 0 Å². The van der Waals surface area contributed by atoms with Crippen LogP contribution in [0.4, 0.5) is 10.5 Å². The molecule has 1 saturated heterocycles. The summed E-state index contributed by atoms with van der Waals surface area (Å²) >= 11 is 5.80. The predicted octanol–water partition coefficient (Wildman–Crippen LogP) is 2.76. The summed E-state index contributed by atoms with van der Waals surface area (Å²) < 4.78 is 4.69. The number of rotatable bonds is 2. The van der Waals surface area contributed by atoms with Crippen LogP contribution in [0.5, 0.6) is 0 Å². The molecule has 1 aromatic rings. The van der Waals surface area contributed by atoms with E-state index in [2.05, 4.69) is 10.1 Å². The second kappa shape index (κ2) is 6.61. The number of halogens is 1. The van der Waals surface area contributed by atoms with Crippen molar-refractivity contribution in [1.82, 2.24) is 4.90 Å². The number of likely N-dealkylation sites (tertiary alicyclic amines) is 1. The number of nitrogens with one attached hydrogen (secondary N) is 1. The van der Waals surface area contributed by atoms with E-state index >= 15 is 0 Å². The van der Waals surface area contributed by atoms with Gasteiger partial charge >= 0.3 is 6.09 Å². The Morgan fingerprint density at radius 3 is 2.70 bits per heavy atom. The molecule has 5 nitrogen and oxygen atoms in total. The van der Waals surface area contributed by atoms with E-state index in [-0.39, 0.29) is 17.9 Å². The molecule has 1 unspecified atom stereocenters. The average molecular weight is 297 g/mol. The molecule has 1 aliphatic heterocycles. The third-order valence-electron chi connectivity index (χ3n) is 3.34. The van der Waals surface area contributed by atoms with E-state index in [9.17, 15) is 9.59 Å². The topological polar surface area (TPSA) is 58.6 Å². The van der Waals surface area contributed by atoms with Gasteiger partial charge in [0.15, 0.2) is 0 Å². The van der Waals surface area contributed by atoms with E-state index in [0.717, 1.165) is 12.8 Å². The van der Waals surface area contributed by atoms with Gasteiger partial charge in [0.2, 0.25) is 5.91 Å². The fourth-order valence-corrected chi connectivity index (χ4v) is 2.39. The lowest BCUT2D eigenvalue weighted by atomic mass is 9.97. The van der Waals surface area contributed by atoms with E-state index < -0.39 is 0 Å². The van der Waals surface area contributed by atoms with Crippen LogP contribution in [0.3, 0.4) is 0 Å². The molecule has 1 fully saturated rings. The van der Waals surface area contributed by atoms with E-state index in [1.165, 1.54) is 7.11 Å². The number of amides is 2. The van der Waals surface area contributed by atoms with Crippen LogP contribution in [0.2, 0.25) is 5.02 Å². The normalized spacial score (nSPS) is 18.5. The van der Waals surface area contributed by atoms with Gasteiger partial charge in [0.25, 0.3) is 0 Å². The van der Waals surface area contributed by atoms with Crippen molar-refractivity contribution in [2.24, 2.45) is 5.92 Å². The maximum Gasteiger partial charge on any atom is 0.409 e. The first-order chi connectivity index (χ1) is 9.60. The molecule has 1 N–H and O–H groups in total. The maximum absolute atomic E-state index is 12.2. The number of carbonyl (C=O) groups excluding carboxylic acids is 2. The number of carbonyl (C=O) groups is 2. The first-order valence-electron chi connectivity index (χ1n) is 6.49. The van der Waals surface area contributed by atoms with Gasteiger partial charge in [-0.15, -0.1) is 0 Å². The minimum atomic E-state index is -0.381. The summed E-state index contributed by atoms with van der Waals surface area (Å²) in [6, 6.07) is 6.94. The lowest BCUT2D eigenvalue weighted by Crippen LogP contribution is -2.43. The fraction of sp³-hybridized carbons (Fsp3) is 0.429. The first-order valence-corrected chi connectivity index (χ1v) is 6.87. The van der Waals surface area contributed by atoms with Crippen molar-refractivity contribution >= 4 is 29.3 Å². The number of ether oxygens (including phenoxy) is 1. The number of piperidine rings is 1. The van der Waals surface area contributed by atoms with Crippen molar-refractivity contribution in [3.8, 4) is 0 Å². The zero-order valence-corrected chi connectivity index (χ0v) is 12.0. The lowest BCUT2D eigenvalue weighted by Gasteiger charge is -2.30. The summed E-state index contributed by atoms with van der Waals surface area (Å²) in [4.78, 5) is 25.2. The van der Waals surface area contributed by atoms with Gasteiger partial charge in [0, 0.05) is 23.8 Å². The highest BCUT2D eigenvalue weighted by molar-refractivity contribution is 6.30. The molecule has 1 atom stereocenters. The third-order valence-corrected chi connectivity index (χ3v) is 3.59. The molecule has 0 saturated carbocycles. The molecule has 0 aromatic heterocycles. The molecule has 20 heavy (non-hydrogen) atoms. The highest BCUT2D eigenvalue weighted by Gasteiger charge is 2.28. The molecule has 1 heterocycles. The first kappa shape index (κ1) is 14.7. The number of benzene rings is 1. The molecule has 6 heteroatoms. The van der Waals surface area contributed by atoms with Gasteiger partial charge in [-0.2, -0.15) is 0 Å². The third kappa shape index (κ3) is 3.63. The second-order valence-corrected chi connectivity index (χ2v) is 5.19. The van der Waals surface area contributed by atoms with Gasteiger partial charge in [-0.25, -0.2) is 4.79 Å². The molecule has 0 bridgehead atoms. The molecule has 1 aromatic carbocycles. The van der Waals surface area contributed by atoms with Gasteiger partial charge in [-0.3, -0.25) is 4.79 Å². The summed E-state index contributed by atoms with van der Waals surface area (Å²) in [5.41, 5.74) is 0.703. The Kier molecular flexibility index (Phi) is 4.84. The van der Waals surface area contributed by atoms with Crippen LogP contribution in [0.25, 0.3) is 0 Å². The van der Waals surface area contributed by atoms with E-state index in [1.807, 2.05) is 0 Å². The Morgan fingerprint density at radius 1 is 1.35 bits per heavy atom. The minimum absolute atomic E-state index is 0.0825. The maximum atomic E-state index is 12.2. The number of nitrogens with zero attached hydrogens (tertiary/aromatic N) is 1. The zero-order valence-electron chi connectivity index (χ0n) is 11.3. The van der Waals surface area contributed by atoms with Crippen molar-refractivity contribution in [3.05, 3.63) is 29.3 Å². The largest absolute Gasteiger partial charge is 0.453 e. The van der Waals surface area contributed by atoms with E-state index in [1.54, 1.807) is 29.2 Å². The van der Waals surface area contributed by atoms with Crippen molar-refractivity contribution in [2.75, 3.05) is 25.5 Å². The zero-order chi connectivity index (χ0) is 14.5. The number of hydrogen-bond acceptors (Lipinski definition) is 3. The fourth-order valence-electron chi connectivity index (χ4n) is 2.26. The summed E-state index contributed by atoms with van der Waals surface area (Å²) in [7, 11) is 1.35. The van der Waals surface area contributed by atoms with Crippen LogP contribution in [-0.4, -0.2) is 37.1 Å². The Hall–Kier alpha value is -1.75. The summed E-state index contributed by atoms with van der Waals surface area (Å²) in [6.07, 6.45) is 1.19. The van der Waals surface area contributed by atoms with Crippen molar-refractivity contribution < 1.29 is 14.3 Å². The van der Waals surface area contributed by atoms with Crippen molar-refractivity contribution in [3.63, 3.8) is 0 Å². The number of hydrogen-bond donors (Lipinski definition) is 1. The molecule has 1 aliphatic rings. The van der Waals surface area contributed by atoms with Crippen LogP contribution in [0.15, 0.2) is 24.3 Å². The highest BCUT2D eigenvalue weighted by atomic mass is 35.5. The van der Waals surface area contributed by atoms with E-state index in [4.69, 9.17) is 11.6 Å². The molecule has 2 amide bonds. The summed E-state index contributed by atoms with van der Waals surface area (Å²) in [5, 5.41) is 3.46. The molecular formula is C14H17ClN2O3. The smallest absolute Gasteiger partial charge is 0.409 e. The van der Waals surface area contributed by atoms with Crippen LogP contribution in [0, 0.1) is 5.92 Å². The Bertz CT molecular complexity index is 490. The van der Waals surface area contributed by atoms with Gasteiger partial charge in [-0.05, 0) is 37.1 Å². The van der Waals surface area contributed by atoms with Gasteiger partial charge in [0.1, 0.15) is 0 Å². The Labute approximate surface area is 122 Å². The van der Waals surface area contributed by atoms with E-state index in [0.29, 0.717) is 23.8 Å².